The average Bonchev–Trinajstić information content (AvgIpc) is 2.87. The van der Waals surface area contributed by atoms with Crippen LogP contribution in [0.5, 0.6) is 0 Å². The van der Waals surface area contributed by atoms with Gasteiger partial charge in [0, 0.05) is 6.54 Å². The van der Waals surface area contributed by atoms with Gasteiger partial charge in [0.1, 0.15) is 12.2 Å². The Morgan fingerprint density at radius 2 is 2.00 bits per heavy atom. The zero-order chi connectivity index (χ0) is 14.5. The molecule has 0 bridgehead atoms. The molecule has 1 aromatic carbocycles. The second kappa shape index (κ2) is 6.85. The molecule has 0 aliphatic carbocycles. The summed E-state index contributed by atoms with van der Waals surface area (Å²) in [7, 11) is 2.21. The topological polar surface area (TPSA) is 34.0 Å². The van der Waals surface area contributed by atoms with Gasteiger partial charge in [-0.05, 0) is 38.4 Å². The molecule has 1 saturated heterocycles. The number of hydrogen-bond acceptors (Lipinski definition) is 3. The molecule has 1 fully saturated rings. The Labute approximate surface area is 126 Å². The standard InChI is InChI=1S/C17H24N4/c1-20-12-7-3-6-10-16(20)17-18-14-19-21(17)13-11-15-8-4-2-5-9-15/h2,4-5,8-9,14,16H,3,6-7,10-13H2,1H3. The van der Waals surface area contributed by atoms with E-state index in [1.165, 1.54) is 31.2 Å². The van der Waals surface area contributed by atoms with Gasteiger partial charge in [0.15, 0.2) is 0 Å². The first-order valence-electron chi connectivity index (χ1n) is 7.96. The van der Waals surface area contributed by atoms with Gasteiger partial charge >= 0.3 is 0 Å². The molecule has 2 heterocycles. The van der Waals surface area contributed by atoms with Crippen LogP contribution < -0.4 is 0 Å². The fourth-order valence-electron chi connectivity index (χ4n) is 3.16. The molecule has 1 aliphatic heterocycles. The summed E-state index contributed by atoms with van der Waals surface area (Å²) < 4.78 is 2.10. The SMILES string of the molecule is CN1CCCCCC1c1ncnn1CCc1ccccc1. The Balaban J connectivity index is 1.71. The highest BCUT2D eigenvalue weighted by Crippen LogP contribution is 2.27. The summed E-state index contributed by atoms with van der Waals surface area (Å²) in [6.07, 6.45) is 7.83. The molecule has 4 nitrogen and oxygen atoms in total. The van der Waals surface area contributed by atoms with E-state index in [-0.39, 0.29) is 0 Å². The highest BCUT2D eigenvalue weighted by atomic mass is 15.4. The predicted octanol–water partition coefficient (Wildman–Crippen LogP) is 3.07. The molecular weight excluding hydrogens is 260 g/mol. The van der Waals surface area contributed by atoms with Gasteiger partial charge in [-0.1, -0.05) is 43.2 Å². The highest BCUT2D eigenvalue weighted by Gasteiger charge is 2.23. The van der Waals surface area contributed by atoms with E-state index in [4.69, 9.17) is 0 Å². The van der Waals surface area contributed by atoms with Crippen molar-refractivity contribution in [1.29, 1.82) is 0 Å². The van der Waals surface area contributed by atoms with Crippen LogP contribution in [0.1, 0.15) is 43.1 Å². The molecule has 1 unspecified atom stereocenters. The number of aryl methyl sites for hydroxylation is 2. The second-order valence-corrected chi connectivity index (χ2v) is 5.92. The first kappa shape index (κ1) is 14.3. The molecule has 0 amide bonds. The maximum atomic E-state index is 4.55. The molecule has 0 spiro atoms. The van der Waals surface area contributed by atoms with Gasteiger partial charge < -0.3 is 0 Å². The van der Waals surface area contributed by atoms with Gasteiger partial charge in [-0.2, -0.15) is 5.10 Å². The minimum Gasteiger partial charge on any atom is -0.297 e. The van der Waals surface area contributed by atoms with Crippen LogP contribution in [0.3, 0.4) is 0 Å². The lowest BCUT2D eigenvalue weighted by Gasteiger charge is -2.25. The predicted molar refractivity (Wildman–Crippen MR) is 84.0 cm³/mol. The highest BCUT2D eigenvalue weighted by molar-refractivity contribution is 5.14. The Kier molecular flexibility index (Phi) is 4.65. The fraction of sp³-hybridized carbons (Fsp3) is 0.529. The summed E-state index contributed by atoms with van der Waals surface area (Å²) in [5.41, 5.74) is 1.35. The van der Waals surface area contributed by atoms with E-state index >= 15 is 0 Å². The van der Waals surface area contributed by atoms with Crippen molar-refractivity contribution in [2.24, 2.45) is 0 Å². The van der Waals surface area contributed by atoms with Crippen molar-refractivity contribution in [3.8, 4) is 0 Å². The van der Waals surface area contributed by atoms with Gasteiger partial charge in [-0.15, -0.1) is 0 Å². The smallest absolute Gasteiger partial charge is 0.144 e. The molecular formula is C17H24N4. The van der Waals surface area contributed by atoms with Crippen molar-refractivity contribution in [3.63, 3.8) is 0 Å². The van der Waals surface area contributed by atoms with Crippen molar-refractivity contribution in [2.45, 2.75) is 44.7 Å². The lowest BCUT2D eigenvalue weighted by Crippen LogP contribution is -2.27. The van der Waals surface area contributed by atoms with Crippen LogP contribution >= 0.6 is 0 Å². The van der Waals surface area contributed by atoms with Gasteiger partial charge in [0.2, 0.25) is 0 Å². The molecule has 0 N–H and O–H groups in total. The average molecular weight is 284 g/mol. The first-order chi connectivity index (χ1) is 10.3. The Bertz CT molecular complexity index is 549. The fourth-order valence-corrected chi connectivity index (χ4v) is 3.16. The molecule has 1 aliphatic rings. The van der Waals surface area contributed by atoms with Gasteiger partial charge in [-0.25, -0.2) is 9.67 Å². The Morgan fingerprint density at radius 3 is 2.86 bits per heavy atom. The van der Waals surface area contributed by atoms with Crippen molar-refractivity contribution >= 4 is 0 Å². The van der Waals surface area contributed by atoms with Crippen LogP contribution in [0, 0.1) is 0 Å². The molecule has 0 radical (unpaired) electrons. The third-order valence-electron chi connectivity index (χ3n) is 4.42. The lowest BCUT2D eigenvalue weighted by molar-refractivity contribution is 0.232. The van der Waals surface area contributed by atoms with Crippen molar-refractivity contribution < 1.29 is 0 Å². The third kappa shape index (κ3) is 3.50. The van der Waals surface area contributed by atoms with E-state index in [9.17, 15) is 0 Å². The summed E-state index contributed by atoms with van der Waals surface area (Å²) in [4.78, 5) is 6.99. The maximum absolute atomic E-state index is 4.55. The zero-order valence-corrected chi connectivity index (χ0v) is 12.8. The van der Waals surface area contributed by atoms with Crippen molar-refractivity contribution in [2.75, 3.05) is 13.6 Å². The Hall–Kier alpha value is -1.68. The summed E-state index contributed by atoms with van der Waals surface area (Å²) >= 11 is 0. The van der Waals surface area contributed by atoms with E-state index in [2.05, 4.69) is 57.0 Å². The number of likely N-dealkylation sites (tertiary alicyclic amines) is 1. The molecule has 112 valence electrons. The minimum atomic E-state index is 0.422. The van der Waals surface area contributed by atoms with Crippen LogP contribution in [-0.2, 0) is 13.0 Å². The minimum absolute atomic E-state index is 0.422. The lowest BCUT2D eigenvalue weighted by atomic mass is 10.1. The summed E-state index contributed by atoms with van der Waals surface area (Å²) in [6, 6.07) is 11.0. The van der Waals surface area contributed by atoms with Crippen LogP contribution in [0.15, 0.2) is 36.7 Å². The Morgan fingerprint density at radius 1 is 1.14 bits per heavy atom. The monoisotopic (exact) mass is 284 g/mol. The molecule has 2 aromatic rings. The second-order valence-electron chi connectivity index (χ2n) is 5.92. The largest absolute Gasteiger partial charge is 0.297 e. The number of aromatic nitrogens is 3. The van der Waals surface area contributed by atoms with E-state index < -0.39 is 0 Å². The number of benzene rings is 1. The third-order valence-corrected chi connectivity index (χ3v) is 4.42. The summed E-state index contributed by atoms with van der Waals surface area (Å²) in [6.45, 7) is 2.07. The van der Waals surface area contributed by atoms with Crippen molar-refractivity contribution in [3.05, 3.63) is 48.0 Å². The molecule has 1 aromatic heterocycles. The number of hydrogen-bond donors (Lipinski definition) is 0. The summed E-state index contributed by atoms with van der Waals surface area (Å²) in [5.74, 6) is 1.13. The summed E-state index contributed by atoms with van der Waals surface area (Å²) in [5, 5.41) is 4.45. The van der Waals surface area contributed by atoms with Gasteiger partial charge in [-0.3, -0.25) is 4.90 Å². The van der Waals surface area contributed by atoms with Gasteiger partial charge in [0.25, 0.3) is 0 Å². The first-order valence-corrected chi connectivity index (χ1v) is 7.96. The van der Waals surface area contributed by atoms with Gasteiger partial charge in [0.05, 0.1) is 6.04 Å². The van der Waals surface area contributed by atoms with Crippen LogP contribution in [0.25, 0.3) is 0 Å². The maximum Gasteiger partial charge on any atom is 0.144 e. The number of rotatable bonds is 4. The quantitative estimate of drug-likeness (QED) is 0.865. The molecule has 4 heteroatoms. The normalized spacial score (nSPS) is 20.3. The van der Waals surface area contributed by atoms with Crippen molar-refractivity contribution in [1.82, 2.24) is 19.7 Å². The molecule has 0 saturated carbocycles. The van der Waals surface area contributed by atoms with Crippen LogP contribution in [0.2, 0.25) is 0 Å². The van der Waals surface area contributed by atoms with E-state index in [0.29, 0.717) is 6.04 Å². The molecule has 3 rings (SSSR count). The van der Waals surface area contributed by atoms with E-state index in [1.54, 1.807) is 6.33 Å². The van der Waals surface area contributed by atoms with Crippen LogP contribution in [0.4, 0.5) is 0 Å². The van der Waals surface area contributed by atoms with E-state index in [0.717, 1.165) is 25.3 Å². The molecule has 1 atom stereocenters. The zero-order valence-electron chi connectivity index (χ0n) is 12.8. The number of nitrogens with zero attached hydrogens (tertiary/aromatic N) is 4. The van der Waals surface area contributed by atoms with Crippen LogP contribution in [-0.4, -0.2) is 33.3 Å². The van der Waals surface area contributed by atoms with E-state index in [1.807, 2.05) is 0 Å². The molecule has 21 heavy (non-hydrogen) atoms.